The molecule has 0 atom stereocenters. The molecule has 0 bridgehead atoms. The van der Waals surface area contributed by atoms with Crippen molar-refractivity contribution in [2.24, 2.45) is 0 Å². The highest BCUT2D eigenvalue weighted by atomic mass is 14.7. The second-order valence-electron chi connectivity index (χ2n) is 6.02. The second kappa shape index (κ2) is 6.21. The Morgan fingerprint density at radius 2 is 1.17 bits per heavy atom. The SMILES string of the molecule is Cc1ccccc1-c1cc(-c2ccccc2)c(-c2ccccc2)[nH]1. The Bertz CT molecular complexity index is 893. The maximum absolute atomic E-state index is 3.65. The molecule has 116 valence electrons. The van der Waals surface area contributed by atoms with Crippen LogP contribution in [0.25, 0.3) is 33.6 Å². The predicted molar refractivity (Wildman–Crippen MR) is 102 cm³/mol. The average Bonchev–Trinajstić information content (AvgIpc) is 3.09. The van der Waals surface area contributed by atoms with Crippen LogP contribution in [0.1, 0.15) is 5.56 Å². The number of aryl methyl sites for hydroxylation is 1. The summed E-state index contributed by atoms with van der Waals surface area (Å²) < 4.78 is 0. The van der Waals surface area contributed by atoms with Crippen LogP contribution in [0.2, 0.25) is 0 Å². The number of H-pyrrole nitrogens is 1. The lowest BCUT2D eigenvalue weighted by Gasteiger charge is -2.04. The monoisotopic (exact) mass is 309 g/mol. The first-order valence-electron chi connectivity index (χ1n) is 8.23. The van der Waals surface area contributed by atoms with Crippen molar-refractivity contribution >= 4 is 0 Å². The third kappa shape index (κ3) is 2.65. The van der Waals surface area contributed by atoms with Crippen LogP contribution in [0.15, 0.2) is 91.0 Å². The third-order valence-corrected chi connectivity index (χ3v) is 4.40. The minimum absolute atomic E-state index is 1.16. The fourth-order valence-electron chi connectivity index (χ4n) is 3.15. The largest absolute Gasteiger partial charge is 0.354 e. The van der Waals surface area contributed by atoms with E-state index in [0.717, 1.165) is 5.69 Å². The Morgan fingerprint density at radius 3 is 1.83 bits per heavy atom. The first kappa shape index (κ1) is 14.5. The van der Waals surface area contributed by atoms with Gasteiger partial charge in [-0.1, -0.05) is 84.9 Å². The molecule has 1 heterocycles. The van der Waals surface area contributed by atoms with Crippen LogP contribution < -0.4 is 0 Å². The molecular formula is C23H19N. The number of aromatic nitrogens is 1. The van der Waals surface area contributed by atoms with Gasteiger partial charge in [-0.2, -0.15) is 0 Å². The van der Waals surface area contributed by atoms with Crippen molar-refractivity contribution in [2.75, 3.05) is 0 Å². The summed E-state index contributed by atoms with van der Waals surface area (Å²) in [7, 11) is 0. The summed E-state index contributed by atoms with van der Waals surface area (Å²) >= 11 is 0. The van der Waals surface area contributed by atoms with Crippen LogP contribution in [0.4, 0.5) is 0 Å². The summed E-state index contributed by atoms with van der Waals surface area (Å²) in [6.07, 6.45) is 0. The first-order chi connectivity index (χ1) is 11.8. The van der Waals surface area contributed by atoms with Crippen molar-refractivity contribution in [3.8, 4) is 33.6 Å². The summed E-state index contributed by atoms with van der Waals surface area (Å²) in [6.45, 7) is 2.15. The van der Waals surface area contributed by atoms with Crippen molar-refractivity contribution in [2.45, 2.75) is 6.92 Å². The van der Waals surface area contributed by atoms with Gasteiger partial charge in [-0.15, -0.1) is 0 Å². The first-order valence-corrected chi connectivity index (χ1v) is 8.23. The van der Waals surface area contributed by atoms with Crippen LogP contribution in [0, 0.1) is 6.92 Å². The van der Waals surface area contributed by atoms with Gasteiger partial charge in [0.1, 0.15) is 0 Å². The Morgan fingerprint density at radius 1 is 0.583 bits per heavy atom. The van der Waals surface area contributed by atoms with Crippen molar-refractivity contribution in [3.05, 3.63) is 96.6 Å². The van der Waals surface area contributed by atoms with Gasteiger partial charge in [-0.3, -0.25) is 0 Å². The van der Waals surface area contributed by atoms with Gasteiger partial charge >= 0.3 is 0 Å². The van der Waals surface area contributed by atoms with Crippen LogP contribution in [-0.4, -0.2) is 4.98 Å². The van der Waals surface area contributed by atoms with Crippen molar-refractivity contribution in [3.63, 3.8) is 0 Å². The lowest BCUT2D eigenvalue weighted by Crippen LogP contribution is -1.83. The molecule has 24 heavy (non-hydrogen) atoms. The summed E-state index contributed by atoms with van der Waals surface area (Å²) in [6, 6.07) is 31.8. The van der Waals surface area contributed by atoms with E-state index in [1.807, 2.05) is 0 Å². The van der Waals surface area contributed by atoms with Crippen LogP contribution in [-0.2, 0) is 0 Å². The Hall–Kier alpha value is -3.06. The molecule has 0 aliphatic carbocycles. The number of hydrogen-bond acceptors (Lipinski definition) is 0. The van der Waals surface area contributed by atoms with Gasteiger partial charge in [0.15, 0.2) is 0 Å². The zero-order valence-electron chi connectivity index (χ0n) is 13.7. The second-order valence-corrected chi connectivity index (χ2v) is 6.02. The van der Waals surface area contributed by atoms with Gasteiger partial charge in [0.25, 0.3) is 0 Å². The summed E-state index contributed by atoms with van der Waals surface area (Å²) in [5.74, 6) is 0. The standard InChI is InChI=1S/C23H19N/c1-17-10-8-9-15-20(17)22-16-21(18-11-4-2-5-12-18)23(24-22)19-13-6-3-7-14-19/h2-16,24H,1H3. The molecule has 0 aliphatic rings. The Kier molecular flexibility index (Phi) is 3.76. The maximum atomic E-state index is 3.65. The molecule has 1 nitrogen and oxygen atoms in total. The van der Waals surface area contributed by atoms with Gasteiger partial charge in [-0.05, 0) is 29.7 Å². The van der Waals surface area contributed by atoms with Crippen LogP contribution >= 0.6 is 0 Å². The third-order valence-electron chi connectivity index (χ3n) is 4.40. The molecule has 0 amide bonds. The van der Waals surface area contributed by atoms with E-state index in [2.05, 4.69) is 103 Å². The number of aromatic amines is 1. The van der Waals surface area contributed by atoms with Crippen molar-refractivity contribution < 1.29 is 0 Å². The molecule has 3 aromatic carbocycles. The van der Waals surface area contributed by atoms with E-state index >= 15 is 0 Å². The van der Waals surface area contributed by atoms with Gasteiger partial charge in [-0.25, -0.2) is 0 Å². The van der Waals surface area contributed by atoms with Crippen molar-refractivity contribution in [1.29, 1.82) is 0 Å². The lowest BCUT2D eigenvalue weighted by atomic mass is 10.0. The van der Waals surface area contributed by atoms with E-state index in [4.69, 9.17) is 0 Å². The zero-order valence-corrected chi connectivity index (χ0v) is 13.7. The number of nitrogens with one attached hydrogen (secondary N) is 1. The fourth-order valence-corrected chi connectivity index (χ4v) is 3.15. The highest BCUT2D eigenvalue weighted by Crippen LogP contribution is 2.36. The molecule has 0 fully saturated rings. The normalized spacial score (nSPS) is 10.7. The minimum Gasteiger partial charge on any atom is -0.354 e. The molecule has 0 saturated heterocycles. The van der Waals surface area contributed by atoms with Gasteiger partial charge < -0.3 is 4.98 Å². The highest BCUT2D eigenvalue weighted by molar-refractivity contribution is 5.86. The number of rotatable bonds is 3. The molecule has 1 heteroatoms. The van der Waals surface area contributed by atoms with Gasteiger partial charge in [0.05, 0.1) is 5.69 Å². The van der Waals surface area contributed by atoms with E-state index in [0.29, 0.717) is 0 Å². The highest BCUT2D eigenvalue weighted by Gasteiger charge is 2.13. The Labute approximate surface area is 142 Å². The molecule has 0 radical (unpaired) electrons. The van der Waals surface area contributed by atoms with Crippen LogP contribution in [0.3, 0.4) is 0 Å². The molecule has 1 aromatic heterocycles. The summed E-state index contributed by atoms with van der Waals surface area (Å²) in [5.41, 5.74) is 8.52. The molecule has 4 rings (SSSR count). The van der Waals surface area contributed by atoms with E-state index < -0.39 is 0 Å². The molecule has 4 aromatic rings. The topological polar surface area (TPSA) is 15.8 Å². The van der Waals surface area contributed by atoms with E-state index in [1.54, 1.807) is 0 Å². The predicted octanol–water partition coefficient (Wildman–Crippen LogP) is 6.32. The lowest BCUT2D eigenvalue weighted by molar-refractivity contribution is 1.36. The summed E-state index contributed by atoms with van der Waals surface area (Å²) in [4.78, 5) is 3.65. The molecule has 0 aliphatic heterocycles. The van der Waals surface area contributed by atoms with Crippen LogP contribution in [0.5, 0.6) is 0 Å². The molecule has 0 unspecified atom stereocenters. The molecular weight excluding hydrogens is 290 g/mol. The average molecular weight is 309 g/mol. The number of benzene rings is 3. The quantitative estimate of drug-likeness (QED) is 0.455. The van der Waals surface area contributed by atoms with Crippen molar-refractivity contribution in [1.82, 2.24) is 4.98 Å². The molecule has 1 N–H and O–H groups in total. The zero-order chi connectivity index (χ0) is 16.4. The smallest absolute Gasteiger partial charge is 0.0538 e. The molecule has 0 spiro atoms. The Balaban J connectivity index is 1.94. The van der Waals surface area contributed by atoms with Gasteiger partial charge in [0, 0.05) is 16.8 Å². The van der Waals surface area contributed by atoms with E-state index in [9.17, 15) is 0 Å². The number of hydrogen-bond donors (Lipinski definition) is 1. The maximum Gasteiger partial charge on any atom is 0.0538 e. The minimum atomic E-state index is 1.16. The van der Waals surface area contributed by atoms with E-state index in [-0.39, 0.29) is 0 Å². The van der Waals surface area contributed by atoms with E-state index in [1.165, 1.54) is 33.5 Å². The summed E-state index contributed by atoms with van der Waals surface area (Å²) in [5, 5.41) is 0. The molecule has 0 saturated carbocycles. The van der Waals surface area contributed by atoms with Gasteiger partial charge in [0.2, 0.25) is 0 Å². The fraction of sp³-hybridized carbons (Fsp3) is 0.0435.